The topological polar surface area (TPSA) is 81.6 Å². The summed E-state index contributed by atoms with van der Waals surface area (Å²) in [4.78, 5) is 12.8. The molecule has 0 bridgehead atoms. The van der Waals surface area contributed by atoms with Crippen LogP contribution in [0.15, 0.2) is 18.2 Å². The number of hydrogen-bond donors (Lipinski definition) is 1. The monoisotopic (exact) mass is 279 g/mol. The molecule has 6 heteroatoms. The normalized spacial score (nSPS) is 22.6. The van der Waals surface area contributed by atoms with Crippen LogP contribution in [0.5, 0.6) is 5.75 Å². The predicted molar refractivity (Wildman–Crippen MR) is 78.2 cm³/mol. The fourth-order valence-electron chi connectivity index (χ4n) is 2.73. The summed E-state index contributed by atoms with van der Waals surface area (Å²) in [6.45, 7) is 3.73. The largest absolute Gasteiger partial charge is 0.490 e. The molecule has 1 aromatic carbocycles. The molecule has 2 rings (SSSR count). The minimum atomic E-state index is -0.426. The Labute approximate surface area is 118 Å². The van der Waals surface area contributed by atoms with Gasteiger partial charge in [0.1, 0.15) is 0 Å². The van der Waals surface area contributed by atoms with Crippen LogP contribution in [0.1, 0.15) is 19.8 Å². The molecule has 0 amide bonds. The number of methoxy groups -OCH3 is 1. The van der Waals surface area contributed by atoms with E-state index in [9.17, 15) is 10.1 Å². The molecule has 0 spiro atoms. The average Bonchev–Trinajstić information content (AvgIpc) is 2.47. The van der Waals surface area contributed by atoms with Crippen LogP contribution >= 0.6 is 0 Å². The Kier molecular flexibility index (Phi) is 4.44. The van der Waals surface area contributed by atoms with E-state index < -0.39 is 4.92 Å². The number of nitrogens with two attached hydrogens (primary N) is 1. The lowest BCUT2D eigenvalue weighted by atomic mass is 9.93. The minimum absolute atomic E-state index is 0.00344. The Hall–Kier alpha value is -1.82. The van der Waals surface area contributed by atoms with E-state index in [0.717, 1.165) is 25.1 Å². The molecule has 1 aromatic rings. The highest BCUT2D eigenvalue weighted by Crippen LogP contribution is 2.34. The maximum atomic E-state index is 10.9. The Bertz CT molecular complexity index is 493. The van der Waals surface area contributed by atoms with Gasteiger partial charge in [-0.15, -0.1) is 0 Å². The van der Waals surface area contributed by atoms with Gasteiger partial charge in [-0.3, -0.25) is 10.1 Å². The first kappa shape index (κ1) is 14.6. The third-order valence-corrected chi connectivity index (χ3v) is 4.00. The van der Waals surface area contributed by atoms with E-state index in [1.165, 1.54) is 13.2 Å². The van der Waals surface area contributed by atoms with Gasteiger partial charge in [-0.2, -0.15) is 0 Å². The first-order valence-corrected chi connectivity index (χ1v) is 6.86. The third kappa shape index (κ3) is 2.85. The smallest absolute Gasteiger partial charge is 0.311 e. The van der Waals surface area contributed by atoms with Gasteiger partial charge in [0.25, 0.3) is 0 Å². The number of anilines is 1. The van der Waals surface area contributed by atoms with Crippen molar-refractivity contribution in [2.45, 2.75) is 25.8 Å². The van der Waals surface area contributed by atoms with Crippen molar-refractivity contribution in [2.24, 2.45) is 11.7 Å². The fourth-order valence-corrected chi connectivity index (χ4v) is 2.73. The minimum Gasteiger partial charge on any atom is -0.490 e. The molecule has 2 N–H and O–H groups in total. The number of benzene rings is 1. The van der Waals surface area contributed by atoms with Crippen LogP contribution in [-0.2, 0) is 0 Å². The highest BCUT2D eigenvalue weighted by Gasteiger charge is 2.26. The number of nitrogens with zero attached hydrogens (tertiary/aromatic N) is 2. The second-order valence-electron chi connectivity index (χ2n) is 5.29. The van der Waals surface area contributed by atoms with Gasteiger partial charge in [0, 0.05) is 30.4 Å². The van der Waals surface area contributed by atoms with Crippen molar-refractivity contribution >= 4 is 11.4 Å². The van der Waals surface area contributed by atoms with Gasteiger partial charge in [-0.25, -0.2) is 0 Å². The second-order valence-corrected chi connectivity index (χ2v) is 5.29. The summed E-state index contributed by atoms with van der Waals surface area (Å²) in [6, 6.07) is 5.44. The summed E-state index contributed by atoms with van der Waals surface area (Å²) >= 11 is 0. The first-order valence-electron chi connectivity index (χ1n) is 6.86. The molecule has 6 nitrogen and oxygen atoms in total. The molecule has 2 unspecified atom stereocenters. The average molecular weight is 279 g/mol. The molecule has 0 saturated carbocycles. The molecule has 0 aromatic heterocycles. The number of piperidine rings is 1. The predicted octanol–water partition coefficient (Wildman–Crippen LogP) is 2.17. The number of ether oxygens (including phenoxy) is 1. The zero-order chi connectivity index (χ0) is 14.7. The van der Waals surface area contributed by atoms with E-state index in [2.05, 4.69) is 11.8 Å². The van der Waals surface area contributed by atoms with Gasteiger partial charge in [-0.1, -0.05) is 0 Å². The molecule has 0 radical (unpaired) electrons. The molecule has 1 aliphatic rings. The summed E-state index contributed by atoms with van der Waals surface area (Å²) in [7, 11) is 1.45. The molecule has 2 atom stereocenters. The van der Waals surface area contributed by atoms with Crippen molar-refractivity contribution in [1.82, 2.24) is 0 Å². The molecule has 110 valence electrons. The second kappa shape index (κ2) is 6.09. The number of rotatable bonds is 4. The number of nitro benzene ring substituents is 1. The summed E-state index contributed by atoms with van der Waals surface area (Å²) < 4.78 is 5.13. The Balaban J connectivity index is 2.29. The van der Waals surface area contributed by atoms with Crippen molar-refractivity contribution in [3.8, 4) is 5.75 Å². The van der Waals surface area contributed by atoms with Crippen molar-refractivity contribution < 1.29 is 9.66 Å². The van der Waals surface area contributed by atoms with Gasteiger partial charge in [-0.05, 0) is 38.3 Å². The fraction of sp³-hybridized carbons (Fsp3) is 0.571. The van der Waals surface area contributed by atoms with Crippen molar-refractivity contribution in [3.63, 3.8) is 0 Å². The van der Waals surface area contributed by atoms with Gasteiger partial charge in [0.05, 0.1) is 12.0 Å². The van der Waals surface area contributed by atoms with Crippen molar-refractivity contribution in [3.05, 3.63) is 28.3 Å². The molecule has 1 heterocycles. The molecule has 1 fully saturated rings. The Morgan fingerprint density at radius 3 is 2.85 bits per heavy atom. The van der Waals surface area contributed by atoms with Gasteiger partial charge >= 0.3 is 5.69 Å². The van der Waals surface area contributed by atoms with Crippen LogP contribution < -0.4 is 15.4 Å². The van der Waals surface area contributed by atoms with E-state index in [1.54, 1.807) is 12.1 Å². The van der Waals surface area contributed by atoms with E-state index >= 15 is 0 Å². The highest BCUT2D eigenvalue weighted by molar-refractivity contribution is 5.59. The maximum Gasteiger partial charge on any atom is 0.311 e. The molecular weight excluding hydrogens is 258 g/mol. The van der Waals surface area contributed by atoms with Crippen LogP contribution in [0.2, 0.25) is 0 Å². The summed E-state index contributed by atoms with van der Waals surface area (Å²) in [5, 5.41) is 10.9. The summed E-state index contributed by atoms with van der Waals surface area (Å²) in [6.07, 6.45) is 2.22. The van der Waals surface area contributed by atoms with Gasteiger partial charge in [0.15, 0.2) is 5.75 Å². The number of nitro groups is 1. The van der Waals surface area contributed by atoms with E-state index in [4.69, 9.17) is 10.5 Å². The molecule has 0 aliphatic carbocycles. The summed E-state index contributed by atoms with van der Waals surface area (Å²) in [5.41, 5.74) is 6.72. The van der Waals surface area contributed by atoms with Crippen molar-refractivity contribution in [2.75, 3.05) is 25.1 Å². The van der Waals surface area contributed by atoms with Crippen molar-refractivity contribution in [1.29, 1.82) is 0 Å². The lowest BCUT2D eigenvalue weighted by molar-refractivity contribution is -0.385. The molecule has 20 heavy (non-hydrogen) atoms. The molecule has 1 aliphatic heterocycles. The standard InChI is InChI=1S/C14H21N3O3/c1-10-3-4-11(8-15)9-16(10)12-5-6-13(17(18)19)14(7-12)20-2/h5-7,10-11H,3-4,8-9,15H2,1-2H3. The van der Waals surface area contributed by atoms with Crippen LogP contribution in [0, 0.1) is 16.0 Å². The SMILES string of the molecule is COc1cc(N2CC(CN)CCC2C)ccc1[N+](=O)[O-]. The lowest BCUT2D eigenvalue weighted by Gasteiger charge is -2.39. The van der Waals surface area contributed by atoms with Crippen LogP contribution in [0.4, 0.5) is 11.4 Å². The van der Waals surface area contributed by atoms with Crippen LogP contribution in [-0.4, -0.2) is 31.2 Å². The van der Waals surface area contributed by atoms with E-state index in [1.807, 2.05) is 0 Å². The van der Waals surface area contributed by atoms with E-state index in [0.29, 0.717) is 24.3 Å². The van der Waals surface area contributed by atoms with Crippen LogP contribution in [0.25, 0.3) is 0 Å². The molecular formula is C14H21N3O3. The number of hydrogen-bond acceptors (Lipinski definition) is 5. The Morgan fingerprint density at radius 2 is 2.25 bits per heavy atom. The van der Waals surface area contributed by atoms with E-state index in [-0.39, 0.29) is 5.69 Å². The van der Waals surface area contributed by atoms with Gasteiger partial charge < -0.3 is 15.4 Å². The highest BCUT2D eigenvalue weighted by atomic mass is 16.6. The molecule has 1 saturated heterocycles. The quantitative estimate of drug-likeness (QED) is 0.674. The van der Waals surface area contributed by atoms with Gasteiger partial charge in [0.2, 0.25) is 0 Å². The third-order valence-electron chi connectivity index (χ3n) is 4.00. The maximum absolute atomic E-state index is 10.9. The summed E-state index contributed by atoms with van der Waals surface area (Å²) in [5.74, 6) is 0.780. The zero-order valence-electron chi connectivity index (χ0n) is 11.9. The lowest BCUT2D eigenvalue weighted by Crippen LogP contribution is -2.43. The Morgan fingerprint density at radius 1 is 1.50 bits per heavy atom. The van der Waals surface area contributed by atoms with Crippen LogP contribution in [0.3, 0.4) is 0 Å². The zero-order valence-corrected chi connectivity index (χ0v) is 11.9. The first-order chi connectivity index (χ1) is 9.56.